The van der Waals surface area contributed by atoms with Crippen LogP contribution in [0, 0.1) is 0 Å². The first kappa shape index (κ1) is 25.2. The van der Waals surface area contributed by atoms with E-state index in [-0.39, 0.29) is 25.0 Å². The Morgan fingerprint density at radius 2 is 1.81 bits per heavy atom. The van der Waals surface area contributed by atoms with Crippen molar-refractivity contribution in [1.82, 2.24) is 4.90 Å². The molecule has 2 atom stereocenters. The molecule has 2 aliphatic rings. The standard InChI is InChI=1S/C29H27BrN2O5/c1-19(34)32-18-22-8-3-2-7-21(22)17-29(28(32)35)26(24-9-4-5-10-25(24)30)37-27(31-29)20-11-13-23(14-12-20)36-16-6-15-33/h2-5,7-14,26,33H,6,15-18H2,1H3/t26-,29-/m0/s1. The van der Waals surface area contributed by atoms with Gasteiger partial charge in [-0.1, -0.05) is 58.4 Å². The number of hydrogen-bond donors (Lipinski definition) is 1. The van der Waals surface area contributed by atoms with Crippen LogP contribution in [0.2, 0.25) is 0 Å². The highest BCUT2D eigenvalue weighted by Gasteiger charge is 2.57. The molecule has 2 aliphatic heterocycles. The van der Waals surface area contributed by atoms with Crippen LogP contribution in [0.1, 0.15) is 41.7 Å². The summed E-state index contributed by atoms with van der Waals surface area (Å²) < 4.78 is 12.9. The molecule has 0 saturated carbocycles. The van der Waals surface area contributed by atoms with Crippen molar-refractivity contribution in [1.29, 1.82) is 0 Å². The van der Waals surface area contributed by atoms with E-state index in [2.05, 4.69) is 15.9 Å². The van der Waals surface area contributed by atoms with E-state index in [1.165, 1.54) is 11.8 Å². The molecule has 37 heavy (non-hydrogen) atoms. The van der Waals surface area contributed by atoms with E-state index in [4.69, 9.17) is 19.6 Å². The van der Waals surface area contributed by atoms with Gasteiger partial charge < -0.3 is 14.6 Å². The lowest BCUT2D eigenvalue weighted by Gasteiger charge is -2.32. The van der Waals surface area contributed by atoms with Crippen molar-refractivity contribution < 1.29 is 24.2 Å². The van der Waals surface area contributed by atoms with Crippen molar-refractivity contribution in [3.63, 3.8) is 0 Å². The molecule has 3 aromatic rings. The van der Waals surface area contributed by atoms with Crippen molar-refractivity contribution in [3.8, 4) is 5.75 Å². The Morgan fingerprint density at radius 1 is 1.11 bits per heavy atom. The summed E-state index contributed by atoms with van der Waals surface area (Å²) in [4.78, 5) is 33.2. The van der Waals surface area contributed by atoms with Crippen LogP contribution in [0.15, 0.2) is 82.3 Å². The molecular formula is C29H27BrN2O5. The van der Waals surface area contributed by atoms with Gasteiger partial charge in [-0.25, -0.2) is 4.99 Å². The minimum Gasteiger partial charge on any atom is -0.494 e. The average Bonchev–Trinajstić information content (AvgIpc) is 3.22. The van der Waals surface area contributed by atoms with Crippen molar-refractivity contribution in [2.45, 2.75) is 38.0 Å². The number of carbonyl (C=O) groups is 2. The van der Waals surface area contributed by atoms with Gasteiger partial charge in [0.05, 0.1) is 13.2 Å². The molecule has 0 aliphatic carbocycles. The number of fused-ring (bicyclic) bond motifs is 1. The van der Waals surface area contributed by atoms with Crippen molar-refractivity contribution in [2.24, 2.45) is 4.99 Å². The molecule has 0 fully saturated rings. The third kappa shape index (κ3) is 4.79. The van der Waals surface area contributed by atoms with Gasteiger partial charge in [-0.2, -0.15) is 0 Å². The number of hydrogen-bond acceptors (Lipinski definition) is 6. The molecule has 1 N–H and O–H groups in total. The monoisotopic (exact) mass is 562 g/mol. The number of aliphatic imine (C=N–C) groups is 1. The second-order valence-corrected chi connectivity index (χ2v) is 10.0. The summed E-state index contributed by atoms with van der Waals surface area (Å²) in [7, 11) is 0. The van der Waals surface area contributed by atoms with Gasteiger partial charge in [0.2, 0.25) is 11.8 Å². The molecular weight excluding hydrogens is 536 g/mol. The quantitative estimate of drug-likeness (QED) is 0.443. The van der Waals surface area contributed by atoms with Gasteiger partial charge in [0, 0.05) is 42.0 Å². The lowest BCUT2D eigenvalue weighted by Crippen LogP contribution is -2.51. The van der Waals surface area contributed by atoms with Crippen LogP contribution in [-0.2, 0) is 27.3 Å². The molecule has 7 nitrogen and oxygen atoms in total. The Labute approximate surface area is 223 Å². The number of amides is 2. The van der Waals surface area contributed by atoms with Crippen LogP contribution in [0.4, 0.5) is 0 Å². The first-order valence-corrected chi connectivity index (χ1v) is 13.0. The third-order valence-corrected chi connectivity index (χ3v) is 7.45. The Morgan fingerprint density at radius 3 is 2.51 bits per heavy atom. The fourth-order valence-corrected chi connectivity index (χ4v) is 5.33. The lowest BCUT2D eigenvalue weighted by atomic mass is 9.82. The van der Waals surface area contributed by atoms with Crippen LogP contribution < -0.4 is 4.74 Å². The number of imide groups is 1. The number of aliphatic hydroxyl groups excluding tert-OH is 1. The third-order valence-electron chi connectivity index (χ3n) is 6.73. The topological polar surface area (TPSA) is 88.4 Å². The van der Waals surface area contributed by atoms with Gasteiger partial charge in [-0.15, -0.1) is 0 Å². The molecule has 0 radical (unpaired) electrons. The summed E-state index contributed by atoms with van der Waals surface area (Å²) in [5.74, 6) is 0.282. The number of aliphatic hydroxyl groups is 1. The first-order valence-electron chi connectivity index (χ1n) is 12.2. The summed E-state index contributed by atoms with van der Waals surface area (Å²) >= 11 is 3.63. The fourth-order valence-electron chi connectivity index (χ4n) is 4.84. The second kappa shape index (κ2) is 10.5. The van der Waals surface area contributed by atoms with Crippen LogP contribution in [0.25, 0.3) is 0 Å². The summed E-state index contributed by atoms with van der Waals surface area (Å²) in [6, 6.07) is 22.7. The maximum atomic E-state index is 14.2. The zero-order chi connectivity index (χ0) is 26.0. The highest BCUT2D eigenvalue weighted by Crippen LogP contribution is 2.47. The number of nitrogens with zero attached hydrogens (tertiary/aromatic N) is 2. The predicted molar refractivity (Wildman–Crippen MR) is 142 cm³/mol. The second-order valence-electron chi connectivity index (χ2n) is 9.17. The number of carbonyl (C=O) groups excluding carboxylic acids is 2. The van der Waals surface area contributed by atoms with E-state index in [9.17, 15) is 9.59 Å². The Kier molecular flexibility index (Phi) is 7.13. The molecule has 190 valence electrons. The Hall–Kier alpha value is -3.49. The number of ether oxygens (including phenoxy) is 2. The molecule has 1 spiro atoms. The minimum atomic E-state index is -1.37. The molecule has 2 amide bonds. The SMILES string of the molecule is CC(=O)N1Cc2ccccc2C[C@@]2(N=C(c3ccc(OCCCO)cc3)O[C@H]2c2ccccc2Br)C1=O. The van der Waals surface area contributed by atoms with Gasteiger partial charge in [0.15, 0.2) is 11.6 Å². The number of halogens is 1. The minimum absolute atomic E-state index is 0.0652. The van der Waals surface area contributed by atoms with E-state index >= 15 is 0 Å². The van der Waals surface area contributed by atoms with Crippen LogP contribution in [0.3, 0.4) is 0 Å². The van der Waals surface area contributed by atoms with Gasteiger partial charge in [-0.05, 0) is 41.5 Å². The maximum Gasteiger partial charge on any atom is 0.262 e. The van der Waals surface area contributed by atoms with E-state index in [0.29, 0.717) is 36.7 Å². The highest BCUT2D eigenvalue weighted by molar-refractivity contribution is 9.10. The highest BCUT2D eigenvalue weighted by atomic mass is 79.9. The van der Waals surface area contributed by atoms with Gasteiger partial charge >= 0.3 is 0 Å². The molecule has 0 saturated heterocycles. The smallest absolute Gasteiger partial charge is 0.262 e. The van der Waals surface area contributed by atoms with E-state index < -0.39 is 11.6 Å². The first-order chi connectivity index (χ1) is 17.9. The Bertz CT molecular complexity index is 1360. The molecule has 0 bridgehead atoms. The van der Waals surface area contributed by atoms with Gasteiger partial charge in [-0.3, -0.25) is 14.5 Å². The zero-order valence-corrected chi connectivity index (χ0v) is 22.0. The average molecular weight is 563 g/mol. The summed E-state index contributed by atoms with van der Waals surface area (Å²) in [6.07, 6.45) is 0.0900. The van der Waals surface area contributed by atoms with Crippen LogP contribution in [0.5, 0.6) is 5.75 Å². The molecule has 0 unspecified atom stereocenters. The number of rotatable bonds is 6. The normalized spacial score (nSPS) is 20.7. The zero-order valence-electron chi connectivity index (χ0n) is 20.4. The maximum absolute atomic E-state index is 14.2. The molecule has 2 heterocycles. The van der Waals surface area contributed by atoms with E-state index in [1.807, 2.05) is 72.8 Å². The van der Waals surface area contributed by atoms with Crippen LogP contribution >= 0.6 is 15.9 Å². The summed E-state index contributed by atoms with van der Waals surface area (Å²) in [5.41, 5.74) is 1.98. The predicted octanol–water partition coefficient (Wildman–Crippen LogP) is 4.60. The molecule has 0 aromatic heterocycles. The van der Waals surface area contributed by atoms with Crippen LogP contribution in [-0.4, -0.2) is 46.5 Å². The van der Waals surface area contributed by atoms with E-state index in [1.54, 1.807) is 0 Å². The van der Waals surface area contributed by atoms with Crippen molar-refractivity contribution in [2.75, 3.05) is 13.2 Å². The molecule has 8 heteroatoms. The van der Waals surface area contributed by atoms with Gasteiger partial charge in [0.1, 0.15) is 5.75 Å². The van der Waals surface area contributed by atoms with Crippen molar-refractivity contribution in [3.05, 3.63) is 99.5 Å². The number of benzene rings is 3. The molecule has 3 aromatic carbocycles. The largest absolute Gasteiger partial charge is 0.494 e. The Balaban J connectivity index is 1.62. The fraction of sp³-hybridized carbons (Fsp3) is 0.276. The van der Waals surface area contributed by atoms with E-state index in [0.717, 1.165) is 21.2 Å². The summed E-state index contributed by atoms with van der Waals surface area (Å²) in [6.45, 7) is 2.08. The summed E-state index contributed by atoms with van der Waals surface area (Å²) in [5, 5.41) is 8.98. The van der Waals surface area contributed by atoms with Gasteiger partial charge in [0.25, 0.3) is 5.91 Å². The molecule has 5 rings (SSSR count). The lowest BCUT2D eigenvalue weighted by molar-refractivity contribution is -0.149. The van der Waals surface area contributed by atoms with Crippen molar-refractivity contribution >= 4 is 33.6 Å².